The second kappa shape index (κ2) is 8.84. The van der Waals surface area contributed by atoms with E-state index in [4.69, 9.17) is 23.2 Å². The Hall–Kier alpha value is -0.240. The van der Waals surface area contributed by atoms with Crippen LogP contribution in [-0.2, 0) is 6.42 Å². The molecular formula is C16H24Cl2O. The first-order valence-electron chi connectivity index (χ1n) is 7.19. The zero-order chi connectivity index (χ0) is 14.3. The van der Waals surface area contributed by atoms with Crippen LogP contribution in [0.1, 0.15) is 51.5 Å². The van der Waals surface area contributed by atoms with Crippen molar-refractivity contribution in [2.24, 2.45) is 5.92 Å². The maximum atomic E-state index is 10.2. The molecule has 0 aliphatic heterocycles. The smallest absolute Gasteiger partial charge is 0.0584 e. The molecule has 0 spiro atoms. The van der Waals surface area contributed by atoms with Gasteiger partial charge < -0.3 is 5.11 Å². The Morgan fingerprint density at radius 3 is 2.32 bits per heavy atom. The molecule has 0 aliphatic carbocycles. The largest absolute Gasteiger partial charge is 0.393 e. The Morgan fingerprint density at radius 1 is 1.16 bits per heavy atom. The third-order valence-corrected chi connectivity index (χ3v) is 4.36. The number of hydrogen-bond acceptors (Lipinski definition) is 1. The Balaban J connectivity index is 2.56. The average molecular weight is 303 g/mol. The lowest BCUT2D eigenvalue weighted by Crippen LogP contribution is -2.16. The molecule has 0 fully saturated rings. The molecule has 0 aromatic heterocycles. The Morgan fingerprint density at radius 2 is 1.79 bits per heavy atom. The lowest BCUT2D eigenvalue weighted by molar-refractivity contribution is 0.137. The van der Waals surface area contributed by atoms with Gasteiger partial charge in [0, 0.05) is 16.5 Å². The standard InChI is InChI=1S/C16H24Cl2O/c1-3-5-7-12(4-2)10-13(19)11-14-15(17)8-6-9-16(14)18/h6,8-9,12-13,19H,3-5,7,10-11H2,1-2H3. The van der Waals surface area contributed by atoms with E-state index in [-0.39, 0.29) is 6.10 Å². The molecule has 2 atom stereocenters. The number of aliphatic hydroxyl groups is 1. The van der Waals surface area contributed by atoms with Crippen molar-refractivity contribution >= 4 is 23.2 Å². The van der Waals surface area contributed by atoms with Crippen LogP contribution in [0.2, 0.25) is 10.0 Å². The predicted molar refractivity (Wildman–Crippen MR) is 84.1 cm³/mol. The molecule has 0 radical (unpaired) electrons. The van der Waals surface area contributed by atoms with E-state index in [9.17, 15) is 5.11 Å². The van der Waals surface area contributed by atoms with Crippen LogP contribution < -0.4 is 0 Å². The predicted octanol–water partition coefficient (Wildman–Crippen LogP) is 5.50. The zero-order valence-electron chi connectivity index (χ0n) is 11.8. The van der Waals surface area contributed by atoms with Gasteiger partial charge in [-0.3, -0.25) is 0 Å². The Labute approximate surface area is 126 Å². The summed E-state index contributed by atoms with van der Waals surface area (Å²) < 4.78 is 0. The topological polar surface area (TPSA) is 20.2 Å². The molecule has 0 aliphatic rings. The van der Waals surface area contributed by atoms with E-state index in [0.717, 1.165) is 18.4 Å². The first-order chi connectivity index (χ1) is 9.08. The zero-order valence-corrected chi connectivity index (χ0v) is 13.3. The van der Waals surface area contributed by atoms with Gasteiger partial charge in [-0.2, -0.15) is 0 Å². The molecule has 108 valence electrons. The van der Waals surface area contributed by atoms with Crippen LogP contribution in [-0.4, -0.2) is 11.2 Å². The van der Waals surface area contributed by atoms with Crippen LogP contribution in [0.3, 0.4) is 0 Å². The van der Waals surface area contributed by atoms with Crippen LogP contribution in [0.25, 0.3) is 0 Å². The number of rotatable bonds is 8. The number of hydrogen-bond donors (Lipinski definition) is 1. The summed E-state index contributed by atoms with van der Waals surface area (Å²) in [7, 11) is 0. The van der Waals surface area contributed by atoms with Crippen molar-refractivity contribution in [2.45, 2.75) is 58.5 Å². The molecule has 1 N–H and O–H groups in total. The number of benzene rings is 1. The second-order valence-corrected chi connectivity index (χ2v) is 6.02. The van der Waals surface area contributed by atoms with E-state index < -0.39 is 0 Å². The van der Waals surface area contributed by atoms with Gasteiger partial charge in [-0.25, -0.2) is 0 Å². The van der Waals surface area contributed by atoms with Gasteiger partial charge in [-0.1, -0.05) is 68.8 Å². The first kappa shape index (κ1) is 16.8. The molecule has 2 unspecified atom stereocenters. The Bertz CT molecular complexity index is 359. The van der Waals surface area contributed by atoms with Gasteiger partial charge >= 0.3 is 0 Å². The third-order valence-electron chi connectivity index (χ3n) is 3.65. The lowest BCUT2D eigenvalue weighted by atomic mass is 9.91. The first-order valence-corrected chi connectivity index (χ1v) is 7.95. The molecule has 0 saturated carbocycles. The minimum atomic E-state index is -0.362. The summed E-state index contributed by atoms with van der Waals surface area (Å²) >= 11 is 12.3. The number of halogens is 2. The lowest BCUT2D eigenvalue weighted by Gasteiger charge is -2.19. The normalized spacial score (nSPS) is 14.4. The fourth-order valence-electron chi connectivity index (χ4n) is 2.41. The van der Waals surface area contributed by atoms with Crippen LogP contribution in [0.5, 0.6) is 0 Å². The van der Waals surface area contributed by atoms with Gasteiger partial charge in [0.05, 0.1) is 6.10 Å². The highest BCUT2D eigenvalue weighted by Gasteiger charge is 2.16. The summed E-state index contributed by atoms with van der Waals surface area (Å²) in [5, 5.41) is 11.5. The van der Waals surface area contributed by atoms with Gasteiger partial charge in [0.1, 0.15) is 0 Å². The van der Waals surface area contributed by atoms with Gasteiger partial charge in [0.15, 0.2) is 0 Å². The second-order valence-electron chi connectivity index (χ2n) is 5.21. The van der Waals surface area contributed by atoms with Gasteiger partial charge in [-0.05, 0) is 30.0 Å². The van der Waals surface area contributed by atoms with Crippen molar-refractivity contribution in [1.82, 2.24) is 0 Å². The molecular weight excluding hydrogens is 279 g/mol. The van der Waals surface area contributed by atoms with Crippen molar-refractivity contribution in [3.63, 3.8) is 0 Å². The highest BCUT2D eigenvalue weighted by Crippen LogP contribution is 2.27. The third kappa shape index (κ3) is 5.72. The van der Waals surface area contributed by atoms with Crippen LogP contribution in [0, 0.1) is 5.92 Å². The summed E-state index contributed by atoms with van der Waals surface area (Å²) in [6.45, 7) is 4.39. The van der Waals surface area contributed by atoms with E-state index in [1.807, 2.05) is 18.2 Å². The maximum absolute atomic E-state index is 10.2. The van der Waals surface area contributed by atoms with Crippen molar-refractivity contribution in [1.29, 1.82) is 0 Å². The van der Waals surface area contributed by atoms with Crippen LogP contribution >= 0.6 is 23.2 Å². The monoisotopic (exact) mass is 302 g/mol. The summed E-state index contributed by atoms with van der Waals surface area (Å²) in [6, 6.07) is 5.48. The molecule has 19 heavy (non-hydrogen) atoms. The molecule has 1 aromatic carbocycles. The SMILES string of the molecule is CCCCC(CC)CC(O)Cc1c(Cl)cccc1Cl. The fraction of sp³-hybridized carbons (Fsp3) is 0.625. The molecule has 0 bridgehead atoms. The highest BCUT2D eigenvalue weighted by molar-refractivity contribution is 6.35. The van der Waals surface area contributed by atoms with Crippen LogP contribution in [0.4, 0.5) is 0 Å². The summed E-state index contributed by atoms with van der Waals surface area (Å²) in [6.07, 6.45) is 5.77. The van der Waals surface area contributed by atoms with E-state index in [2.05, 4.69) is 13.8 Å². The molecule has 0 amide bonds. The number of unbranched alkanes of at least 4 members (excludes halogenated alkanes) is 1. The maximum Gasteiger partial charge on any atom is 0.0584 e. The van der Waals surface area contributed by atoms with Gasteiger partial charge in [-0.15, -0.1) is 0 Å². The summed E-state index contributed by atoms with van der Waals surface area (Å²) in [5.74, 6) is 0.594. The van der Waals surface area contributed by atoms with E-state index in [0.29, 0.717) is 22.4 Å². The highest BCUT2D eigenvalue weighted by atomic mass is 35.5. The van der Waals surface area contributed by atoms with E-state index >= 15 is 0 Å². The summed E-state index contributed by atoms with van der Waals surface area (Å²) in [4.78, 5) is 0. The quantitative estimate of drug-likeness (QED) is 0.672. The van der Waals surface area contributed by atoms with E-state index in [1.165, 1.54) is 19.3 Å². The van der Waals surface area contributed by atoms with Crippen molar-refractivity contribution < 1.29 is 5.11 Å². The minimum Gasteiger partial charge on any atom is -0.393 e. The van der Waals surface area contributed by atoms with Gasteiger partial charge in [0.2, 0.25) is 0 Å². The molecule has 0 saturated heterocycles. The molecule has 1 aromatic rings. The molecule has 1 nitrogen and oxygen atoms in total. The minimum absolute atomic E-state index is 0.362. The average Bonchev–Trinajstić information content (AvgIpc) is 2.39. The van der Waals surface area contributed by atoms with Crippen molar-refractivity contribution in [3.8, 4) is 0 Å². The van der Waals surface area contributed by atoms with E-state index in [1.54, 1.807) is 0 Å². The van der Waals surface area contributed by atoms with Crippen LogP contribution in [0.15, 0.2) is 18.2 Å². The fourth-order valence-corrected chi connectivity index (χ4v) is 2.96. The molecule has 3 heteroatoms. The molecule has 0 heterocycles. The van der Waals surface area contributed by atoms with Gasteiger partial charge in [0.25, 0.3) is 0 Å². The Kier molecular flexibility index (Phi) is 7.82. The van der Waals surface area contributed by atoms with Crippen molar-refractivity contribution in [3.05, 3.63) is 33.8 Å². The number of aliphatic hydroxyl groups excluding tert-OH is 1. The molecule has 1 rings (SSSR count). The summed E-state index contributed by atoms with van der Waals surface area (Å²) in [5.41, 5.74) is 0.865. The van der Waals surface area contributed by atoms with Crippen molar-refractivity contribution in [2.75, 3.05) is 0 Å².